The van der Waals surface area contributed by atoms with Crippen LogP contribution in [0.25, 0.3) is 0 Å². The fourth-order valence-electron chi connectivity index (χ4n) is 1.83. The van der Waals surface area contributed by atoms with E-state index in [-0.39, 0.29) is 23.5 Å². The highest BCUT2D eigenvalue weighted by molar-refractivity contribution is 6.32. The van der Waals surface area contributed by atoms with Gasteiger partial charge < -0.3 is 19.9 Å². The number of nitrogens with one attached hydrogen (secondary N) is 1. The van der Waals surface area contributed by atoms with Crippen LogP contribution in [0.1, 0.15) is 10.4 Å². The van der Waals surface area contributed by atoms with Crippen LogP contribution in [0.2, 0.25) is 5.02 Å². The third kappa shape index (κ3) is 2.35. The van der Waals surface area contributed by atoms with Crippen LogP contribution in [0.3, 0.4) is 0 Å². The van der Waals surface area contributed by atoms with Crippen LogP contribution in [0.15, 0.2) is 36.4 Å². The van der Waals surface area contributed by atoms with Gasteiger partial charge in [0.2, 0.25) is 6.79 Å². The van der Waals surface area contributed by atoms with Gasteiger partial charge in [-0.15, -0.1) is 0 Å². The van der Waals surface area contributed by atoms with Gasteiger partial charge in [0, 0.05) is 17.3 Å². The molecule has 0 unspecified atom stereocenters. The second kappa shape index (κ2) is 4.94. The van der Waals surface area contributed by atoms with Gasteiger partial charge >= 0.3 is 0 Å². The van der Waals surface area contributed by atoms with Crippen molar-refractivity contribution in [3.8, 4) is 17.2 Å². The van der Waals surface area contributed by atoms with Crippen molar-refractivity contribution in [3.63, 3.8) is 0 Å². The molecule has 1 aliphatic heterocycles. The molecule has 1 aliphatic rings. The van der Waals surface area contributed by atoms with Crippen molar-refractivity contribution in [2.75, 3.05) is 12.1 Å². The Labute approximate surface area is 119 Å². The summed E-state index contributed by atoms with van der Waals surface area (Å²) in [4.78, 5) is 12.1. The van der Waals surface area contributed by atoms with E-state index in [4.69, 9.17) is 21.1 Å². The van der Waals surface area contributed by atoms with Crippen molar-refractivity contribution in [2.24, 2.45) is 0 Å². The van der Waals surface area contributed by atoms with E-state index in [2.05, 4.69) is 5.32 Å². The molecule has 0 aliphatic carbocycles. The van der Waals surface area contributed by atoms with E-state index >= 15 is 0 Å². The van der Waals surface area contributed by atoms with E-state index in [1.165, 1.54) is 12.1 Å². The Bertz CT molecular complexity index is 687. The Morgan fingerprint density at radius 2 is 1.95 bits per heavy atom. The molecule has 0 saturated carbocycles. The van der Waals surface area contributed by atoms with Crippen LogP contribution in [-0.4, -0.2) is 17.8 Å². The largest absolute Gasteiger partial charge is 0.506 e. The summed E-state index contributed by atoms with van der Waals surface area (Å²) >= 11 is 5.71. The monoisotopic (exact) mass is 291 g/mol. The predicted molar refractivity (Wildman–Crippen MR) is 73.6 cm³/mol. The molecule has 1 amide bonds. The average molecular weight is 292 g/mol. The predicted octanol–water partition coefficient (Wildman–Crippen LogP) is 3.03. The molecule has 20 heavy (non-hydrogen) atoms. The summed E-state index contributed by atoms with van der Waals surface area (Å²) in [5.74, 6) is 0.752. The van der Waals surface area contributed by atoms with Gasteiger partial charge in [-0.2, -0.15) is 0 Å². The minimum absolute atomic E-state index is 0.0878. The van der Waals surface area contributed by atoms with Crippen molar-refractivity contribution in [1.82, 2.24) is 0 Å². The Kier molecular flexibility index (Phi) is 3.12. The average Bonchev–Trinajstić information content (AvgIpc) is 2.90. The van der Waals surface area contributed by atoms with Gasteiger partial charge in [0.15, 0.2) is 11.5 Å². The molecular weight excluding hydrogens is 282 g/mol. The number of aromatic hydroxyl groups is 1. The molecule has 0 radical (unpaired) electrons. The fourth-order valence-corrected chi connectivity index (χ4v) is 1.95. The lowest BCUT2D eigenvalue weighted by molar-refractivity contribution is 0.102. The minimum Gasteiger partial charge on any atom is -0.506 e. The summed E-state index contributed by atoms with van der Waals surface area (Å²) in [7, 11) is 0. The number of ether oxygens (including phenoxy) is 2. The fraction of sp³-hybridized carbons (Fsp3) is 0.0714. The molecule has 3 rings (SSSR count). The number of rotatable bonds is 2. The lowest BCUT2D eigenvalue weighted by Gasteiger charge is -2.07. The molecule has 2 aromatic carbocycles. The van der Waals surface area contributed by atoms with E-state index in [1.54, 1.807) is 24.3 Å². The van der Waals surface area contributed by atoms with Crippen molar-refractivity contribution < 1.29 is 19.4 Å². The molecule has 0 fully saturated rings. The number of phenolic OH excluding ortho intramolecular Hbond substituents is 1. The maximum absolute atomic E-state index is 12.1. The summed E-state index contributed by atoms with van der Waals surface area (Å²) in [5, 5.41) is 12.4. The molecule has 0 atom stereocenters. The molecule has 0 spiro atoms. The molecule has 102 valence electrons. The number of phenols is 1. The standard InChI is InChI=1S/C14H10ClNO4/c15-10-3-2-9(6-11(10)17)16-14(18)8-1-4-12-13(5-8)20-7-19-12/h1-6,17H,7H2,(H,16,18). The number of benzene rings is 2. The van der Waals surface area contributed by atoms with E-state index in [0.29, 0.717) is 22.7 Å². The molecule has 2 aromatic rings. The highest BCUT2D eigenvalue weighted by Crippen LogP contribution is 2.33. The Hall–Kier alpha value is -2.40. The quantitative estimate of drug-likeness (QED) is 0.892. The summed E-state index contributed by atoms with van der Waals surface area (Å²) < 4.78 is 10.4. The van der Waals surface area contributed by atoms with E-state index in [1.807, 2.05) is 0 Å². The maximum Gasteiger partial charge on any atom is 0.255 e. The minimum atomic E-state index is -0.315. The van der Waals surface area contributed by atoms with Crippen LogP contribution < -0.4 is 14.8 Å². The van der Waals surface area contributed by atoms with Crippen LogP contribution in [0.4, 0.5) is 5.69 Å². The van der Waals surface area contributed by atoms with Gasteiger partial charge in [-0.3, -0.25) is 4.79 Å². The summed E-state index contributed by atoms with van der Waals surface area (Å²) in [5.41, 5.74) is 0.887. The van der Waals surface area contributed by atoms with Crippen LogP contribution in [-0.2, 0) is 0 Å². The molecule has 0 aromatic heterocycles. The summed E-state index contributed by atoms with van der Waals surface area (Å²) in [6.45, 7) is 0.158. The number of hydrogen-bond donors (Lipinski definition) is 2. The SMILES string of the molecule is O=C(Nc1ccc(Cl)c(O)c1)c1ccc2c(c1)OCO2. The second-order valence-electron chi connectivity index (χ2n) is 4.19. The number of hydrogen-bond acceptors (Lipinski definition) is 4. The zero-order valence-corrected chi connectivity index (χ0v) is 11.0. The number of halogens is 1. The molecule has 1 heterocycles. The van der Waals surface area contributed by atoms with Gasteiger partial charge in [-0.05, 0) is 30.3 Å². The highest BCUT2D eigenvalue weighted by Gasteiger charge is 2.16. The van der Waals surface area contributed by atoms with Gasteiger partial charge in [0.25, 0.3) is 5.91 Å². The lowest BCUT2D eigenvalue weighted by atomic mass is 10.2. The van der Waals surface area contributed by atoms with Crippen molar-refractivity contribution >= 4 is 23.2 Å². The van der Waals surface area contributed by atoms with E-state index in [0.717, 1.165) is 0 Å². The van der Waals surface area contributed by atoms with E-state index in [9.17, 15) is 9.90 Å². The first kappa shape index (κ1) is 12.6. The van der Waals surface area contributed by atoms with Crippen LogP contribution in [0.5, 0.6) is 17.2 Å². The van der Waals surface area contributed by atoms with Gasteiger partial charge in [0.1, 0.15) is 5.75 Å². The third-order valence-electron chi connectivity index (χ3n) is 2.84. The molecule has 0 bridgehead atoms. The number of anilines is 1. The molecule has 2 N–H and O–H groups in total. The summed E-state index contributed by atoms with van der Waals surface area (Å²) in [6, 6.07) is 9.41. The normalized spacial score (nSPS) is 12.2. The zero-order valence-electron chi connectivity index (χ0n) is 10.2. The van der Waals surface area contributed by atoms with Crippen LogP contribution in [0, 0.1) is 0 Å². The van der Waals surface area contributed by atoms with Gasteiger partial charge in [0.05, 0.1) is 5.02 Å². The Balaban J connectivity index is 1.80. The number of fused-ring (bicyclic) bond motifs is 1. The zero-order chi connectivity index (χ0) is 14.1. The van der Waals surface area contributed by atoms with Crippen LogP contribution >= 0.6 is 11.6 Å². The first-order valence-electron chi connectivity index (χ1n) is 5.83. The van der Waals surface area contributed by atoms with Gasteiger partial charge in [-0.25, -0.2) is 0 Å². The molecule has 0 saturated heterocycles. The number of carbonyl (C=O) groups excluding carboxylic acids is 1. The smallest absolute Gasteiger partial charge is 0.255 e. The van der Waals surface area contributed by atoms with Crippen molar-refractivity contribution in [3.05, 3.63) is 47.0 Å². The topological polar surface area (TPSA) is 67.8 Å². The summed E-state index contributed by atoms with van der Waals surface area (Å²) in [6.07, 6.45) is 0. The molecule has 6 heteroatoms. The molecule has 5 nitrogen and oxygen atoms in total. The Morgan fingerprint density at radius 3 is 2.75 bits per heavy atom. The Morgan fingerprint density at radius 1 is 1.15 bits per heavy atom. The number of carbonyl (C=O) groups is 1. The number of amides is 1. The highest BCUT2D eigenvalue weighted by atomic mass is 35.5. The van der Waals surface area contributed by atoms with Gasteiger partial charge in [-0.1, -0.05) is 11.6 Å². The van der Waals surface area contributed by atoms with E-state index < -0.39 is 0 Å². The molecular formula is C14H10ClNO4. The first-order valence-corrected chi connectivity index (χ1v) is 6.21. The maximum atomic E-state index is 12.1. The first-order chi connectivity index (χ1) is 9.63. The van der Waals surface area contributed by atoms with Crippen molar-refractivity contribution in [1.29, 1.82) is 0 Å². The lowest BCUT2D eigenvalue weighted by Crippen LogP contribution is -2.11. The third-order valence-corrected chi connectivity index (χ3v) is 3.16. The van der Waals surface area contributed by atoms with Crippen molar-refractivity contribution in [2.45, 2.75) is 0 Å². The second-order valence-corrected chi connectivity index (χ2v) is 4.60.